The zero-order chi connectivity index (χ0) is 22.7. The van der Waals surface area contributed by atoms with Gasteiger partial charge in [0, 0.05) is 13.5 Å². The molecule has 2 fully saturated rings. The van der Waals surface area contributed by atoms with E-state index in [9.17, 15) is 0 Å². The fourth-order valence-electron chi connectivity index (χ4n) is 5.51. The Bertz CT molecular complexity index is 803. The molecule has 0 saturated carbocycles. The fourth-order valence-corrected chi connectivity index (χ4v) is 10.1. The lowest BCUT2D eigenvalue weighted by atomic mass is 9.92. The van der Waals surface area contributed by atoms with Gasteiger partial charge in [-0.2, -0.15) is 0 Å². The normalized spacial score (nSPS) is 26.9. The Hall–Kier alpha value is -1.50. The van der Waals surface area contributed by atoms with Crippen molar-refractivity contribution in [3.63, 3.8) is 0 Å². The molecule has 2 saturated heterocycles. The van der Waals surface area contributed by atoms with Gasteiger partial charge in [-0.3, -0.25) is 0 Å². The van der Waals surface area contributed by atoms with E-state index in [1.165, 1.54) is 10.4 Å². The second-order valence-corrected chi connectivity index (χ2v) is 14.4. The van der Waals surface area contributed by atoms with Crippen molar-refractivity contribution in [1.29, 1.82) is 0 Å². The second kappa shape index (κ2) is 9.78. The van der Waals surface area contributed by atoms with Crippen molar-refractivity contribution in [2.24, 2.45) is 0 Å². The molecule has 174 valence electrons. The maximum Gasteiger partial charge on any atom is 0.261 e. The van der Waals surface area contributed by atoms with Crippen LogP contribution in [0, 0.1) is 0 Å². The molecule has 4 rings (SSSR count). The van der Waals surface area contributed by atoms with Gasteiger partial charge in [-0.1, -0.05) is 81.4 Å². The third-order valence-corrected chi connectivity index (χ3v) is 12.1. The van der Waals surface area contributed by atoms with Crippen molar-refractivity contribution in [2.75, 3.05) is 20.3 Å². The van der Waals surface area contributed by atoms with Crippen molar-refractivity contribution in [1.82, 2.24) is 0 Å². The first-order valence-electron chi connectivity index (χ1n) is 12.0. The van der Waals surface area contributed by atoms with Crippen molar-refractivity contribution in [3.05, 3.63) is 60.7 Å². The van der Waals surface area contributed by atoms with Gasteiger partial charge in [0.05, 0.1) is 19.3 Å². The maximum atomic E-state index is 7.13. The van der Waals surface area contributed by atoms with Crippen LogP contribution < -0.4 is 10.4 Å². The summed E-state index contributed by atoms with van der Waals surface area (Å²) in [6.45, 7) is 8.24. The van der Waals surface area contributed by atoms with E-state index in [1.807, 2.05) is 0 Å². The summed E-state index contributed by atoms with van der Waals surface area (Å²) in [6, 6.07) is 21.6. The highest BCUT2D eigenvalue weighted by molar-refractivity contribution is 6.99. The molecule has 0 unspecified atom stereocenters. The van der Waals surface area contributed by atoms with Crippen LogP contribution in [0.5, 0.6) is 0 Å². The third kappa shape index (κ3) is 4.46. The molecule has 0 radical (unpaired) electrons. The van der Waals surface area contributed by atoms with Gasteiger partial charge in [0.25, 0.3) is 8.32 Å². The van der Waals surface area contributed by atoms with Crippen molar-refractivity contribution in [3.8, 4) is 0 Å². The maximum absolute atomic E-state index is 7.13. The molecule has 0 amide bonds. The van der Waals surface area contributed by atoms with Crippen molar-refractivity contribution < 1.29 is 18.6 Å². The molecule has 2 aliphatic heterocycles. The Kier molecular flexibility index (Phi) is 7.23. The van der Waals surface area contributed by atoms with Gasteiger partial charge < -0.3 is 18.6 Å². The molecule has 2 aromatic carbocycles. The number of hydrogen-bond acceptors (Lipinski definition) is 4. The standard InChI is InChI=1S/C27H38O4Si/c1-26(2,3)32(23-13-7-5-8-14-23,24-15-9-6-10-16-24)30-21-22-17-18-25(28-4)27(31-22)19-11-12-20-29-27/h5-10,13-16,22,25H,11-12,17-21H2,1-4H3/t22-,25+,27-/m0/s1. The summed E-state index contributed by atoms with van der Waals surface area (Å²) in [6.07, 6.45) is 4.94. The summed E-state index contributed by atoms with van der Waals surface area (Å²) in [5.74, 6) is -0.620. The van der Waals surface area contributed by atoms with E-state index in [4.69, 9.17) is 18.6 Å². The van der Waals surface area contributed by atoms with Crippen LogP contribution in [0.15, 0.2) is 60.7 Å². The molecule has 0 aliphatic carbocycles. The molecule has 0 aromatic heterocycles. The van der Waals surface area contributed by atoms with Gasteiger partial charge in [-0.15, -0.1) is 0 Å². The Morgan fingerprint density at radius 3 is 2.06 bits per heavy atom. The SMILES string of the molecule is CO[C@@H]1CC[C@@H](CO[Si](c2ccccc2)(c2ccccc2)C(C)(C)C)O[C@@]12CCCCO2. The molecule has 0 N–H and O–H groups in total. The molecule has 32 heavy (non-hydrogen) atoms. The lowest BCUT2D eigenvalue weighted by Crippen LogP contribution is -2.67. The van der Waals surface area contributed by atoms with Crippen LogP contribution in [0.1, 0.15) is 52.9 Å². The van der Waals surface area contributed by atoms with Gasteiger partial charge in [0.15, 0.2) is 5.79 Å². The molecular weight excluding hydrogens is 416 g/mol. The Balaban J connectivity index is 1.64. The molecule has 1 spiro atoms. The molecule has 5 heteroatoms. The summed E-state index contributed by atoms with van der Waals surface area (Å²) < 4.78 is 25.8. The highest BCUT2D eigenvalue weighted by Crippen LogP contribution is 2.41. The molecule has 2 aliphatic rings. The monoisotopic (exact) mass is 454 g/mol. The van der Waals surface area contributed by atoms with Gasteiger partial charge in [-0.25, -0.2) is 0 Å². The van der Waals surface area contributed by atoms with Crippen molar-refractivity contribution >= 4 is 18.7 Å². The van der Waals surface area contributed by atoms with Crippen LogP contribution in [-0.2, 0) is 18.6 Å². The minimum Gasteiger partial charge on any atom is -0.405 e. The first-order chi connectivity index (χ1) is 15.4. The van der Waals surface area contributed by atoms with Crippen LogP contribution in [0.3, 0.4) is 0 Å². The smallest absolute Gasteiger partial charge is 0.261 e. The van der Waals surface area contributed by atoms with E-state index < -0.39 is 14.1 Å². The number of hydrogen-bond donors (Lipinski definition) is 0. The van der Waals surface area contributed by atoms with E-state index >= 15 is 0 Å². The summed E-state index contributed by atoms with van der Waals surface area (Å²) in [5.41, 5.74) is 0. The first kappa shape index (κ1) is 23.6. The predicted molar refractivity (Wildman–Crippen MR) is 131 cm³/mol. The predicted octanol–water partition coefficient (Wildman–Crippen LogP) is 4.65. The van der Waals surface area contributed by atoms with E-state index in [0.717, 1.165) is 38.7 Å². The van der Waals surface area contributed by atoms with Crippen molar-refractivity contribution in [2.45, 2.75) is 75.9 Å². The molecule has 3 atom stereocenters. The third-order valence-electron chi connectivity index (χ3n) is 7.06. The molecule has 0 bridgehead atoms. The largest absolute Gasteiger partial charge is 0.405 e. The fraction of sp³-hybridized carbons (Fsp3) is 0.556. The average molecular weight is 455 g/mol. The van der Waals surface area contributed by atoms with E-state index in [2.05, 4.69) is 81.4 Å². The van der Waals surface area contributed by atoms with Gasteiger partial charge in [0.1, 0.15) is 6.10 Å². The summed E-state index contributed by atoms with van der Waals surface area (Å²) in [5, 5.41) is 2.55. The number of rotatable bonds is 6. The zero-order valence-electron chi connectivity index (χ0n) is 20.0. The lowest BCUT2D eigenvalue weighted by molar-refractivity contribution is -0.339. The zero-order valence-corrected chi connectivity index (χ0v) is 21.0. The van der Waals surface area contributed by atoms with E-state index in [0.29, 0.717) is 6.61 Å². The Morgan fingerprint density at radius 2 is 1.56 bits per heavy atom. The minimum atomic E-state index is -2.57. The Morgan fingerprint density at radius 1 is 0.938 bits per heavy atom. The van der Waals surface area contributed by atoms with Gasteiger partial charge in [0.2, 0.25) is 0 Å². The minimum absolute atomic E-state index is 0.00106. The average Bonchev–Trinajstić information content (AvgIpc) is 2.81. The van der Waals surface area contributed by atoms with Crippen LogP contribution in [-0.4, -0.2) is 46.6 Å². The van der Waals surface area contributed by atoms with Gasteiger partial charge >= 0.3 is 0 Å². The molecule has 2 aromatic rings. The molecular formula is C27H38O4Si. The first-order valence-corrected chi connectivity index (χ1v) is 13.9. The molecule has 4 nitrogen and oxygen atoms in total. The van der Waals surface area contributed by atoms with Gasteiger partial charge in [-0.05, 0) is 41.1 Å². The quantitative estimate of drug-likeness (QED) is 0.595. The highest BCUT2D eigenvalue weighted by Gasteiger charge is 2.52. The van der Waals surface area contributed by atoms with Crippen LogP contribution in [0.25, 0.3) is 0 Å². The number of ether oxygens (including phenoxy) is 3. The highest BCUT2D eigenvalue weighted by atomic mass is 28.4. The number of benzene rings is 2. The lowest BCUT2D eigenvalue weighted by Gasteiger charge is -2.49. The van der Waals surface area contributed by atoms with Crippen LogP contribution >= 0.6 is 0 Å². The summed E-state index contributed by atoms with van der Waals surface area (Å²) in [4.78, 5) is 0. The number of methoxy groups -OCH3 is 1. The molecule has 2 heterocycles. The van der Waals surface area contributed by atoms with E-state index in [1.54, 1.807) is 7.11 Å². The summed E-state index contributed by atoms with van der Waals surface area (Å²) in [7, 11) is -0.801. The second-order valence-electron chi connectivity index (χ2n) is 10.1. The van der Waals surface area contributed by atoms with E-state index in [-0.39, 0.29) is 17.2 Å². The summed E-state index contributed by atoms with van der Waals surface area (Å²) >= 11 is 0. The Labute approximate surface area is 194 Å². The van der Waals surface area contributed by atoms with Crippen LogP contribution in [0.4, 0.5) is 0 Å². The van der Waals surface area contributed by atoms with Crippen LogP contribution in [0.2, 0.25) is 5.04 Å². The topological polar surface area (TPSA) is 36.9 Å².